The quantitative estimate of drug-likeness (QED) is 0.898. The molecule has 1 heterocycles. The van der Waals surface area contributed by atoms with Gasteiger partial charge in [0.15, 0.2) is 0 Å². The van der Waals surface area contributed by atoms with E-state index in [4.69, 9.17) is 0 Å². The zero-order chi connectivity index (χ0) is 17.1. The average Bonchev–Trinajstić information content (AvgIpc) is 2.98. The Balaban J connectivity index is 1.49. The second-order valence-corrected chi connectivity index (χ2v) is 7.89. The van der Waals surface area contributed by atoms with Crippen molar-refractivity contribution < 1.29 is 9.90 Å². The van der Waals surface area contributed by atoms with Crippen molar-refractivity contribution >= 4 is 6.09 Å². The van der Waals surface area contributed by atoms with Crippen LogP contribution in [0, 0.1) is 11.8 Å². The Bertz CT molecular complexity index is 540. The predicted octanol–water partition coefficient (Wildman–Crippen LogP) is 3.50. The molecule has 1 aliphatic carbocycles. The van der Waals surface area contributed by atoms with Gasteiger partial charge in [0.2, 0.25) is 0 Å². The molecule has 1 fully saturated rings. The van der Waals surface area contributed by atoms with Crippen molar-refractivity contribution in [2.45, 2.75) is 45.6 Å². The van der Waals surface area contributed by atoms with Crippen LogP contribution in [0.1, 0.15) is 37.8 Å². The Morgan fingerprint density at radius 2 is 1.79 bits per heavy atom. The number of fused-ring (bicyclic) bond motifs is 1. The summed E-state index contributed by atoms with van der Waals surface area (Å²) in [4.78, 5) is 15.7. The molecule has 1 aromatic rings. The molecule has 2 aliphatic rings. The first-order valence-electron chi connectivity index (χ1n) is 9.31. The van der Waals surface area contributed by atoms with Crippen LogP contribution in [-0.4, -0.2) is 53.2 Å². The second kappa shape index (κ2) is 7.56. The lowest BCUT2D eigenvalue weighted by Crippen LogP contribution is -2.45. The summed E-state index contributed by atoms with van der Waals surface area (Å²) in [5.74, 6) is 0.901. The van der Waals surface area contributed by atoms with Gasteiger partial charge >= 0.3 is 6.09 Å². The molecule has 0 atom stereocenters. The molecule has 0 saturated carbocycles. The molecule has 132 valence electrons. The number of hydrogen-bond acceptors (Lipinski definition) is 2. The van der Waals surface area contributed by atoms with Crippen molar-refractivity contribution in [3.63, 3.8) is 0 Å². The average molecular weight is 330 g/mol. The number of hydrogen-bond donors (Lipinski definition) is 1. The Labute approximate surface area is 145 Å². The minimum atomic E-state index is -0.766. The highest BCUT2D eigenvalue weighted by Crippen LogP contribution is 2.29. The maximum atomic E-state index is 11.4. The molecule has 1 amide bonds. The topological polar surface area (TPSA) is 43.8 Å². The van der Waals surface area contributed by atoms with Gasteiger partial charge in [-0.15, -0.1) is 0 Å². The van der Waals surface area contributed by atoms with Crippen LogP contribution in [0.25, 0.3) is 0 Å². The summed E-state index contributed by atoms with van der Waals surface area (Å²) in [6.45, 7) is 7.73. The maximum absolute atomic E-state index is 11.4. The van der Waals surface area contributed by atoms with Gasteiger partial charge in [-0.25, -0.2) is 4.79 Å². The second-order valence-electron chi connectivity index (χ2n) is 7.89. The number of likely N-dealkylation sites (tertiary alicyclic amines) is 1. The third kappa shape index (κ3) is 4.10. The van der Waals surface area contributed by atoms with E-state index in [2.05, 4.69) is 43.0 Å². The van der Waals surface area contributed by atoms with Crippen molar-refractivity contribution in [1.82, 2.24) is 9.80 Å². The number of amides is 1. The van der Waals surface area contributed by atoms with Crippen LogP contribution in [0.5, 0.6) is 0 Å². The molecule has 1 N–H and O–H groups in total. The molecule has 0 radical (unpaired) electrons. The summed E-state index contributed by atoms with van der Waals surface area (Å²) in [6.07, 6.45) is 3.83. The molecule has 4 nitrogen and oxygen atoms in total. The zero-order valence-electron chi connectivity index (χ0n) is 14.9. The zero-order valence-corrected chi connectivity index (χ0v) is 14.9. The molecule has 4 heteroatoms. The predicted molar refractivity (Wildman–Crippen MR) is 96.4 cm³/mol. The van der Waals surface area contributed by atoms with Crippen LogP contribution >= 0.6 is 0 Å². The number of nitrogens with zero attached hydrogens (tertiary/aromatic N) is 2. The third-order valence-electron chi connectivity index (χ3n) is 5.53. The summed E-state index contributed by atoms with van der Waals surface area (Å²) in [7, 11) is 0. The van der Waals surface area contributed by atoms with E-state index in [0.717, 1.165) is 25.9 Å². The van der Waals surface area contributed by atoms with Crippen LogP contribution in [0.4, 0.5) is 4.79 Å². The van der Waals surface area contributed by atoms with Gasteiger partial charge in [-0.05, 0) is 61.7 Å². The van der Waals surface area contributed by atoms with Crippen molar-refractivity contribution in [3.8, 4) is 0 Å². The Morgan fingerprint density at radius 1 is 1.21 bits per heavy atom. The third-order valence-corrected chi connectivity index (χ3v) is 5.53. The van der Waals surface area contributed by atoms with E-state index < -0.39 is 6.09 Å². The van der Waals surface area contributed by atoms with Crippen molar-refractivity contribution in [3.05, 3.63) is 35.4 Å². The highest BCUT2D eigenvalue weighted by molar-refractivity contribution is 5.64. The smallest absolute Gasteiger partial charge is 0.407 e. The Morgan fingerprint density at radius 3 is 2.29 bits per heavy atom. The normalized spacial score (nSPS) is 19.6. The van der Waals surface area contributed by atoms with Gasteiger partial charge < -0.3 is 10.0 Å². The van der Waals surface area contributed by atoms with Crippen LogP contribution in [-0.2, 0) is 12.8 Å². The van der Waals surface area contributed by atoms with Gasteiger partial charge in [0.05, 0.1) is 0 Å². The first-order chi connectivity index (χ1) is 11.5. The molecule has 0 unspecified atom stereocenters. The summed E-state index contributed by atoms with van der Waals surface area (Å²) >= 11 is 0. The van der Waals surface area contributed by atoms with Crippen molar-refractivity contribution in [2.24, 2.45) is 11.8 Å². The van der Waals surface area contributed by atoms with Gasteiger partial charge in [-0.1, -0.05) is 38.1 Å². The fraction of sp³-hybridized carbons (Fsp3) is 0.650. The molecule has 1 saturated heterocycles. The molecule has 1 aliphatic heterocycles. The van der Waals surface area contributed by atoms with Crippen LogP contribution < -0.4 is 0 Å². The summed E-state index contributed by atoms with van der Waals surface area (Å²) in [6, 6.07) is 9.46. The molecular formula is C20H30N2O2. The number of carbonyl (C=O) groups is 1. The highest BCUT2D eigenvalue weighted by Gasteiger charge is 2.30. The molecule has 0 bridgehead atoms. The number of carboxylic acid groups (broad SMARTS) is 1. The van der Waals surface area contributed by atoms with E-state index in [9.17, 15) is 9.90 Å². The van der Waals surface area contributed by atoms with Crippen LogP contribution in [0.2, 0.25) is 0 Å². The van der Waals surface area contributed by atoms with E-state index in [0.29, 0.717) is 31.0 Å². The lowest BCUT2D eigenvalue weighted by molar-refractivity contribution is 0.0978. The van der Waals surface area contributed by atoms with E-state index in [1.165, 1.54) is 24.0 Å². The fourth-order valence-corrected chi connectivity index (χ4v) is 4.28. The molecule has 1 aromatic carbocycles. The number of benzene rings is 1. The molecular weight excluding hydrogens is 300 g/mol. The Kier molecular flexibility index (Phi) is 5.44. The molecule has 24 heavy (non-hydrogen) atoms. The van der Waals surface area contributed by atoms with Gasteiger partial charge in [-0.3, -0.25) is 4.90 Å². The summed E-state index contributed by atoms with van der Waals surface area (Å²) < 4.78 is 0. The van der Waals surface area contributed by atoms with Gasteiger partial charge in [0, 0.05) is 19.1 Å². The van der Waals surface area contributed by atoms with Crippen molar-refractivity contribution in [1.29, 1.82) is 0 Å². The van der Waals surface area contributed by atoms with Crippen LogP contribution in [0.15, 0.2) is 24.3 Å². The number of piperidine rings is 1. The monoisotopic (exact) mass is 330 g/mol. The summed E-state index contributed by atoms with van der Waals surface area (Å²) in [5.41, 5.74) is 3.03. The largest absolute Gasteiger partial charge is 0.465 e. The Hall–Kier alpha value is -1.55. The fourth-order valence-electron chi connectivity index (χ4n) is 4.28. The van der Waals surface area contributed by atoms with Gasteiger partial charge in [0.1, 0.15) is 0 Å². The van der Waals surface area contributed by atoms with E-state index in [1.54, 1.807) is 4.90 Å². The molecule has 3 rings (SSSR count). The van der Waals surface area contributed by atoms with Gasteiger partial charge in [-0.2, -0.15) is 0 Å². The lowest BCUT2D eigenvalue weighted by atomic mass is 9.94. The number of rotatable bonds is 5. The van der Waals surface area contributed by atoms with E-state index in [1.807, 2.05) is 0 Å². The molecule has 0 aromatic heterocycles. The maximum Gasteiger partial charge on any atom is 0.407 e. The van der Waals surface area contributed by atoms with Crippen molar-refractivity contribution in [2.75, 3.05) is 26.2 Å². The first kappa shape index (κ1) is 17.3. The van der Waals surface area contributed by atoms with E-state index in [-0.39, 0.29) is 0 Å². The summed E-state index contributed by atoms with van der Waals surface area (Å²) in [5, 5.41) is 9.39. The van der Waals surface area contributed by atoms with E-state index >= 15 is 0 Å². The molecule has 0 spiro atoms. The van der Waals surface area contributed by atoms with Crippen LogP contribution in [0.3, 0.4) is 0 Å². The first-order valence-corrected chi connectivity index (χ1v) is 9.31. The minimum Gasteiger partial charge on any atom is -0.465 e. The SMILES string of the molecule is CC(C)CN(CC1CCN(C2Cc3ccccc3C2)CC1)C(=O)O. The standard InChI is InChI=1S/C20H30N2O2/c1-15(2)13-22(20(23)24)14-16-7-9-21(10-8-16)19-11-17-5-3-4-6-18(17)12-19/h3-6,15-16,19H,7-14H2,1-2H3,(H,23,24). The minimum absolute atomic E-state index is 0.387. The van der Waals surface area contributed by atoms with Gasteiger partial charge in [0.25, 0.3) is 0 Å². The lowest BCUT2D eigenvalue weighted by Gasteiger charge is -2.37. The highest BCUT2D eigenvalue weighted by atomic mass is 16.4.